The molecule has 1 fully saturated rings. The Hall–Kier alpha value is -2.58. The monoisotopic (exact) mass is 473 g/mol. The van der Waals surface area contributed by atoms with Gasteiger partial charge in [-0.3, -0.25) is 4.79 Å². The number of carbonyl (C=O) groups excluding carboxylic acids is 2. The van der Waals surface area contributed by atoms with Crippen LogP contribution in [-0.4, -0.2) is 50.1 Å². The lowest BCUT2D eigenvalue weighted by molar-refractivity contribution is -0.116. The van der Waals surface area contributed by atoms with Crippen LogP contribution in [0.4, 0.5) is 16.2 Å². The molecule has 7 nitrogen and oxygen atoms in total. The summed E-state index contributed by atoms with van der Waals surface area (Å²) in [5.74, 6) is -0.191. The van der Waals surface area contributed by atoms with Gasteiger partial charge in [0.15, 0.2) is 0 Å². The molecule has 3 amide bonds. The number of nitrogens with one attached hydrogen (secondary N) is 2. The van der Waals surface area contributed by atoms with Gasteiger partial charge in [-0.1, -0.05) is 28.1 Å². The summed E-state index contributed by atoms with van der Waals surface area (Å²) in [6, 6.07) is 12.4. The lowest BCUT2D eigenvalue weighted by atomic mass is 10.0. The van der Waals surface area contributed by atoms with Crippen LogP contribution in [-0.2, 0) is 4.79 Å². The molecule has 160 valence electrons. The lowest BCUT2D eigenvalue weighted by Crippen LogP contribution is -2.44. The minimum absolute atomic E-state index is 0.0824. The molecule has 1 unspecified atom stereocenters. The predicted molar refractivity (Wildman–Crippen MR) is 124 cm³/mol. The normalized spacial score (nSPS) is 15.5. The van der Waals surface area contributed by atoms with E-state index in [1.165, 1.54) is 5.69 Å². The summed E-state index contributed by atoms with van der Waals surface area (Å²) in [7, 11) is 2.13. The average molecular weight is 474 g/mol. The van der Waals surface area contributed by atoms with Crippen LogP contribution < -0.4 is 21.3 Å². The molecule has 30 heavy (non-hydrogen) atoms. The number of aryl methyl sites for hydroxylation is 1. The van der Waals surface area contributed by atoms with Crippen molar-refractivity contribution in [3.05, 3.63) is 58.1 Å². The Morgan fingerprint density at radius 3 is 2.50 bits per heavy atom. The molecule has 1 atom stereocenters. The van der Waals surface area contributed by atoms with Crippen LogP contribution in [0.25, 0.3) is 0 Å². The van der Waals surface area contributed by atoms with E-state index in [9.17, 15) is 9.59 Å². The molecule has 0 radical (unpaired) electrons. The first-order valence-corrected chi connectivity index (χ1v) is 10.8. The third-order valence-electron chi connectivity index (χ3n) is 5.31. The Kier molecular flexibility index (Phi) is 7.33. The van der Waals surface area contributed by atoms with Gasteiger partial charge in [-0.2, -0.15) is 0 Å². The van der Waals surface area contributed by atoms with Gasteiger partial charge in [0.2, 0.25) is 5.91 Å². The Morgan fingerprint density at radius 1 is 1.13 bits per heavy atom. The molecular formula is C22H28BrN5O2. The first kappa shape index (κ1) is 22.1. The molecule has 0 aliphatic carbocycles. The highest BCUT2D eigenvalue weighted by atomic mass is 79.9. The minimum atomic E-state index is -0.666. The number of anilines is 2. The van der Waals surface area contributed by atoms with Gasteiger partial charge in [0.1, 0.15) is 0 Å². The van der Waals surface area contributed by atoms with Crippen molar-refractivity contribution in [1.82, 2.24) is 10.2 Å². The molecule has 1 aliphatic rings. The highest BCUT2D eigenvalue weighted by Gasteiger charge is 2.19. The molecule has 1 heterocycles. The standard InChI is InChI=1S/C22H28BrN5O2/c1-15-12-18(28-10-8-27(2)9-11-28)6-7-19(15)25-21(29)14-20(26-22(24)30)16-4-3-5-17(23)13-16/h3-7,12-13,20H,8-11,14H2,1-2H3,(H,25,29)(H3,24,26,30). The van der Waals surface area contributed by atoms with Gasteiger partial charge in [-0.15, -0.1) is 0 Å². The number of amides is 3. The van der Waals surface area contributed by atoms with Crippen molar-refractivity contribution in [3.8, 4) is 0 Å². The Bertz CT molecular complexity index is 912. The Morgan fingerprint density at radius 2 is 1.87 bits per heavy atom. The summed E-state index contributed by atoms with van der Waals surface area (Å²) in [4.78, 5) is 28.8. The maximum atomic E-state index is 12.7. The van der Waals surface area contributed by atoms with E-state index in [4.69, 9.17) is 5.73 Å². The minimum Gasteiger partial charge on any atom is -0.369 e. The first-order chi connectivity index (χ1) is 14.3. The van der Waals surface area contributed by atoms with Crippen molar-refractivity contribution in [2.45, 2.75) is 19.4 Å². The fourth-order valence-electron chi connectivity index (χ4n) is 3.58. The Balaban J connectivity index is 1.67. The van der Waals surface area contributed by atoms with E-state index < -0.39 is 12.1 Å². The van der Waals surface area contributed by atoms with Crippen LogP contribution in [0.15, 0.2) is 46.9 Å². The number of rotatable bonds is 6. The second kappa shape index (κ2) is 9.95. The van der Waals surface area contributed by atoms with Gasteiger partial charge >= 0.3 is 6.03 Å². The molecule has 0 spiro atoms. The van der Waals surface area contributed by atoms with E-state index in [0.717, 1.165) is 47.5 Å². The smallest absolute Gasteiger partial charge is 0.312 e. The number of hydrogen-bond acceptors (Lipinski definition) is 4. The van der Waals surface area contributed by atoms with Crippen LogP contribution in [0.2, 0.25) is 0 Å². The molecule has 4 N–H and O–H groups in total. The molecule has 1 saturated heterocycles. The summed E-state index contributed by atoms with van der Waals surface area (Å²) < 4.78 is 0.868. The van der Waals surface area contributed by atoms with Gasteiger partial charge in [0.25, 0.3) is 0 Å². The predicted octanol–water partition coefficient (Wildman–Crippen LogP) is 3.25. The first-order valence-electron chi connectivity index (χ1n) is 9.97. The Labute approximate surface area is 185 Å². The zero-order valence-electron chi connectivity index (χ0n) is 17.3. The van der Waals surface area contributed by atoms with E-state index in [1.54, 1.807) is 0 Å². The maximum Gasteiger partial charge on any atom is 0.312 e. The molecule has 3 rings (SSSR count). The van der Waals surface area contributed by atoms with Gasteiger partial charge in [-0.05, 0) is 55.4 Å². The van der Waals surface area contributed by atoms with Gasteiger partial charge in [0, 0.05) is 42.0 Å². The van der Waals surface area contributed by atoms with E-state index in [2.05, 4.69) is 49.5 Å². The van der Waals surface area contributed by atoms with Crippen molar-refractivity contribution in [1.29, 1.82) is 0 Å². The van der Waals surface area contributed by atoms with Gasteiger partial charge < -0.3 is 26.2 Å². The molecule has 1 aliphatic heterocycles. The third kappa shape index (κ3) is 5.96. The number of primary amides is 1. The highest BCUT2D eigenvalue weighted by molar-refractivity contribution is 9.10. The lowest BCUT2D eigenvalue weighted by Gasteiger charge is -2.34. The topological polar surface area (TPSA) is 90.7 Å². The fourth-order valence-corrected chi connectivity index (χ4v) is 4.00. The van der Waals surface area contributed by atoms with Crippen LogP contribution in [0, 0.1) is 6.92 Å². The third-order valence-corrected chi connectivity index (χ3v) is 5.80. The zero-order valence-corrected chi connectivity index (χ0v) is 18.9. The summed E-state index contributed by atoms with van der Waals surface area (Å²) in [5.41, 5.74) is 9.06. The second-order valence-electron chi connectivity index (χ2n) is 7.66. The summed E-state index contributed by atoms with van der Waals surface area (Å²) >= 11 is 3.42. The number of piperazine rings is 1. The number of benzene rings is 2. The van der Waals surface area contributed by atoms with E-state index in [1.807, 2.05) is 43.3 Å². The van der Waals surface area contributed by atoms with Crippen molar-refractivity contribution in [2.75, 3.05) is 43.4 Å². The van der Waals surface area contributed by atoms with Crippen molar-refractivity contribution in [3.63, 3.8) is 0 Å². The second-order valence-corrected chi connectivity index (χ2v) is 8.57. The van der Waals surface area contributed by atoms with E-state index >= 15 is 0 Å². The van der Waals surface area contributed by atoms with E-state index in [0.29, 0.717) is 0 Å². The SMILES string of the molecule is Cc1cc(N2CCN(C)CC2)ccc1NC(=O)CC(NC(N)=O)c1cccc(Br)c1. The highest BCUT2D eigenvalue weighted by Crippen LogP contribution is 2.25. The van der Waals surface area contributed by atoms with Crippen molar-refractivity contribution in [2.24, 2.45) is 5.73 Å². The number of halogens is 1. The number of nitrogens with two attached hydrogens (primary N) is 1. The van der Waals surface area contributed by atoms with Crippen LogP contribution in [0.1, 0.15) is 23.6 Å². The molecular weight excluding hydrogens is 446 g/mol. The quantitative estimate of drug-likeness (QED) is 0.600. The maximum absolute atomic E-state index is 12.7. The molecule has 0 saturated carbocycles. The number of nitrogens with zero attached hydrogens (tertiary/aromatic N) is 2. The molecule has 0 aromatic heterocycles. The van der Waals surface area contributed by atoms with Gasteiger partial charge in [0.05, 0.1) is 12.5 Å². The van der Waals surface area contributed by atoms with Crippen molar-refractivity contribution >= 4 is 39.2 Å². The van der Waals surface area contributed by atoms with Gasteiger partial charge in [-0.25, -0.2) is 4.79 Å². The van der Waals surface area contributed by atoms with Crippen molar-refractivity contribution < 1.29 is 9.59 Å². The summed E-state index contributed by atoms with van der Waals surface area (Å²) in [6.45, 7) is 6.06. The van der Waals surface area contributed by atoms with Crippen LogP contribution in [0.3, 0.4) is 0 Å². The molecule has 8 heteroatoms. The fraction of sp³-hybridized carbons (Fsp3) is 0.364. The number of likely N-dealkylation sites (N-methyl/N-ethyl adjacent to an activating group) is 1. The van der Waals surface area contributed by atoms with E-state index in [-0.39, 0.29) is 12.3 Å². The summed E-state index contributed by atoms with van der Waals surface area (Å²) in [5, 5.41) is 5.62. The molecule has 2 aromatic rings. The molecule has 2 aromatic carbocycles. The number of hydrogen-bond donors (Lipinski definition) is 3. The number of carbonyl (C=O) groups is 2. The molecule has 0 bridgehead atoms. The van der Waals surface area contributed by atoms with Crippen LogP contribution in [0.5, 0.6) is 0 Å². The van der Waals surface area contributed by atoms with Crippen LogP contribution >= 0.6 is 15.9 Å². The summed E-state index contributed by atoms with van der Waals surface area (Å²) in [6.07, 6.45) is 0.0824. The number of urea groups is 1. The zero-order chi connectivity index (χ0) is 21.7. The largest absolute Gasteiger partial charge is 0.369 e. The average Bonchev–Trinajstić information content (AvgIpc) is 2.69.